The van der Waals surface area contributed by atoms with Crippen molar-refractivity contribution in [3.8, 4) is 5.75 Å². The van der Waals surface area contributed by atoms with Gasteiger partial charge >= 0.3 is 5.63 Å². The zero-order chi connectivity index (χ0) is 18.8. The first kappa shape index (κ1) is 17.6. The van der Waals surface area contributed by atoms with Crippen molar-refractivity contribution in [3.63, 3.8) is 0 Å². The minimum Gasteiger partial charge on any atom is -0.497 e. The summed E-state index contributed by atoms with van der Waals surface area (Å²) in [4.78, 5) is 15.9. The van der Waals surface area contributed by atoms with Gasteiger partial charge in [-0.25, -0.2) is 4.79 Å². The van der Waals surface area contributed by atoms with E-state index in [1.165, 1.54) is 10.6 Å². The van der Waals surface area contributed by atoms with Crippen molar-refractivity contribution >= 4 is 16.7 Å². The summed E-state index contributed by atoms with van der Waals surface area (Å²) in [7, 11) is 1.69. The standard InChI is InChI=1S/C22H24N2O3/c1-16-3-8-20-17(14-22(25)27-21(20)13-16)15-23-9-11-24(12-10-23)18-4-6-19(26-2)7-5-18/h3-8,13-14H,9-12,15H2,1-2H3/p+1. The van der Waals surface area contributed by atoms with Crippen LogP contribution in [0.25, 0.3) is 11.0 Å². The van der Waals surface area contributed by atoms with Gasteiger partial charge in [0, 0.05) is 22.7 Å². The predicted molar refractivity (Wildman–Crippen MR) is 107 cm³/mol. The molecule has 2 heterocycles. The van der Waals surface area contributed by atoms with Gasteiger partial charge in [-0.1, -0.05) is 12.1 Å². The summed E-state index contributed by atoms with van der Waals surface area (Å²) in [6, 6.07) is 16.0. The Kier molecular flexibility index (Phi) is 4.86. The van der Waals surface area contributed by atoms with Crippen LogP contribution in [0.4, 0.5) is 5.69 Å². The third-order valence-corrected chi connectivity index (χ3v) is 5.33. The molecule has 0 bridgehead atoms. The quantitative estimate of drug-likeness (QED) is 0.719. The van der Waals surface area contributed by atoms with Gasteiger partial charge in [-0.2, -0.15) is 0 Å². The third-order valence-electron chi connectivity index (χ3n) is 5.33. The van der Waals surface area contributed by atoms with Crippen molar-refractivity contribution in [2.45, 2.75) is 13.5 Å². The van der Waals surface area contributed by atoms with Gasteiger partial charge in [0.1, 0.15) is 17.9 Å². The van der Waals surface area contributed by atoms with E-state index in [9.17, 15) is 4.79 Å². The molecule has 0 radical (unpaired) electrons. The minimum absolute atomic E-state index is 0.264. The first-order valence-electron chi connectivity index (χ1n) is 9.38. The average molecular weight is 365 g/mol. The van der Waals surface area contributed by atoms with E-state index >= 15 is 0 Å². The Labute approximate surface area is 158 Å². The maximum Gasteiger partial charge on any atom is 0.336 e. The van der Waals surface area contributed by atoms with Gasteiger partial charge in [0.25, 0.3) is 0 Å². The Bertz CT molecular complexity index is 987. The highest BCUT2D eigenvalue weighted by molar-refractivity contribution is 5.80. The Morgan fingerprint density at radius 3 is 2.52 bits per heavy atom. The molecular weight excluding hydrogens is 340 g/mol. The van der Waals surface area contributed by atoms with Crippen LogP contribution in [0.3, 0.4) is 0 Å². The van der Waals surface area contributed by atoms with E-state index in [-0.39, 0.29) is 5.63 Å². The number of piperazine rings is 1. The van der Waals surface area contributed by atoms with E-state index in [0.717, 1.165) is 55.0 Å². The van der Waals surface area contributed by atoms with E-state index in [1.54, 1.807) is 13.2 Å². The summed E-state index contributed by atoms with van der Waals surface area (Å²) >= 11 is 0. The number of rotatable bonds is 4. The molecule has 1 aromatic heterocycles. The summed E-state index contributed by atoms with van der Waals surface area (Å²) in [5.41, 5.74) is 3.83. The smallest absolute Gasteiger partial charge is 0.336 e. The first-order valence-corrected chi connectivity index (χ1v) is 9.38. The number of fused-ring (bicyclic) bond motifs is 1. The lowest BCUT2D eigenvalue weighted by Crippen LogP contribution is -3.13. The number of hydrogen-bond acceptors (Lipinski definition) is 4. The third kappa shape index (κ3) is 3.83. The molecule has 5 heteroatoms. The zero-order valence-electron chi connectivity index (χ0n) is 15.8. The van der Waals surface area contributed by atoms with E-state index in [2.05, 4.69) is 29.2 Å². The normalized spacial score (nSPS) is 15.3. The highest BCUT2D eigenvalue weighted by atomic mass is 16.5. The van der Waals surface area contributed by atoms with Crippen molar-refractivity contribution in [3.05, 3.63) is 70.1 Å². The van der Waals surface area contributed by atoms with Crippen molar-refractivity contribution in [1.82, 2.24) is 0 Å². The molecule has 2 aromatic carbocycles. The molecule has 1 fully saturated rings. The van der Waals surface area contributed by atoms with Gasteiger partial charge in [-0.15, -0.1) is 0 Å². The molecule has 0 saturated carbocycles. The van der Waals surface area contributed by atoms with Crippen molar-refractivity contribution in [2.75, 3.05) is 38.2 Å². The van der Waals surface area contributed by atoms with Crippen LogP contribution < -0.4 is 20.2 Å². The maximum atomic E-state index is 12.0. The van der Waals surface area contributed by atoms with Crippen LogP contribution >= 0.6 is 0 Å². The number of nitrogens with one attached hydrogen (secondary N) is 1. The lowest BCUT2D eigenvalue weighted by atomic mass is 10.1. The molecule has 0 unspecified atom stereocenters. The van der Waals surface area contributed by atoms with E-state index in [4.69, 9.17) is 9.15 Å². The Hall–Kier alpha value is -2.79. The highest BCUT2D eigenvalue weighted by Gasteiger charge is 2.21. The summed E-state index contributed by atoms with van der Waals surface area (Å²) in [6.45, 7) is 6.94. The monoisotopic (exact) mass is 365 g/mol. The number of benzene rings is 2. The fraction of sp³-hybridized carbons (Fsp3) is 0.318. The predicted octanol–water partition coefficient (Wildman–Crippen LogP) is 2.02. The fourth-order valence-electron chi connectivity index (χ4n) is 3.80. The van der Waals surface area contributed by atoms with Gasteiger partial charge in [0.15, 0.2) is 0 Å². The largest absolute Gasteiger partial charge is 0.497 e. The second kappa shape index (κ2) is 7.45. The molecule has 1 aliphatic rings. The van der Waals surface area contributed by atoms with E-state index in [0.29, 0.717) is 5.58 Å². The van der Waals surface area contributed by atoms with Crippen LogP contribution in [-0.2, 0) is 6.54 Å². The number of aryl methyl sites for hydroxylation is 1. The summed E-state index contributed by atoms with van der Waals surface area (Å²) in [5.74, 6) is 0.882. The van der Waals surface area contributed by atoms with Gasteiger partial charge in [0.05, 0.1) is 33.3 Å². The van der Waals surface area contributed by atoms with E-state index in [1.807, 2.05) is 25.1 Å². The highest BCUT2D eigenvalue weighted by Crippen LogP contribution is 2.20. The van der Waals surface area contributed by atoms with Gasteiger partial charge in [0.2, 0.25) is 0 Å². The topological polar surface area (TPSA) is 47.1 Å². The molecule has 0 spiro atoms. The molecule has 140 valence electrons. The molecule has 0 atom stereocenters. The summed E-state index contributed by atoms with van der Waals surface area (Å²) < 4.78 is 10.6. The zero-order valence-corrected chi connectivity index (χ0v) is 15.8. The fourth-order valence-corrected chi connectivity index (χ4v) is 3.80. The van der Waals surface area contributed by atoms with Crippen LogP contribution in [0.15, 0.2) is 57.7 Å². The van der Waals surface area contributed by atoms with Crippen molar-refractivity contribution in [1.29, 1.82) is 0 Å². The molecule has 27 heavy (non-hydrogen) atoms. The molecule has 1 saturated heterocycles. The molecule has 1 aliphatic heterocycles. The lowest BCUT2D eigenvalue weighted by molar-refractivity contribution is -0.914. The minimum atomic E-state index is -0.264. The van der Waals surface area contributed by atoms with Gasteiger partial charge < -0.3 is 19.0 Å². The number of ether oxygens (including phenoxy) is 1. The second-order valence-corrected chi connectivity index (χ2v) is 7.20. The number of methoxy groups -OCH3 is 1. The van der Waals surface area contributed by atoms with Crippen molar-refractivity contribution in [2.24, 2.45) is 0 Å². The average Bonchev–Trinajstić information content (AvgIpc) is 2.68. The number of quaternary nitrogens is 1. The van der Waals surface area contributed by atoms with Gasteiger partial charge in [-0.05, 0) is 42.8 Å². The Morgan fingerprint density at radius 2 is 1.81 bits per heavy atom. The summed E-state index contributed by atoms with van der Waals surface area (Å²) in [5, 5.41) is 1.05. The first-order chi connectivity index (χ1) is 13.1. The molecular formula is C22H25N2O3+. The van der Waals surface area contributed by atoms with Crippen LogP contribution in [0.1, 0.15) is 11.1 Å². The second-order valence-electron chi connectivity index (χ2n) is 7.20. The van der Waals surface area contributed by atoms with Crippen LogP contribution in [0.5, 0.6) is 5.75 Å². The molecule has 0 amide bonds. The van der Waals surface area contributed by atoms with Gasteiger partial charge in [-0.3, -0.25) is 0 Å². The molecule has 0 aliphatic carbocycles. The SMILES string of the molecule is COc1ccc(N2CC[NH+](Cc3cc(=O)oc4cc(C)ccc34)CC2)cc1. The van der Waals surface area contributed by atoms with Crippen LogP contribution in [-0.4, -0.2) is 33.3 Å². The lowest BCUT2D eigenvalue weighted by Gasteiger charge is -2.33. The Morgan fingerprint density at radius 1 is 1.07 bits per heavy atom. The summed E-state index contributed by atoms with van der Waals surface area (Å²) in [6.07, 6.45) is 0. The Balaban J connectivity index is 1.46. The van der Waals surface area contributed by atoms with Crippen LogP contribution in [0, 0.1) is 6.92 Å². The number of hydrogen-bond donors (Lipinski definition) is 1. The molecule has 4 rings (SSSR count). The number of nitrogens with zero attached hydrogens (tertiary/aromatic N) is 1. The van der Waals surface area contributed by atoms with Crippen LogP contribution in [0.2, 0.25) is 0 Å². The molecule has 5 nitrogen and oxygen atoms in total. The maximum absolute atomic E-state index is 12.0. The van der Waals surface area contributed by atoms with E-state index < -0.39 is 0 Å². The molecule has 3 aromatic rings. The number of anilines is 1. The van der Waals surface area contributed by atoms with Crippen molar-refractivity contribution < 1.29 is 14.1 Å². The molecule has 1 N–H and O–H groups in total.